The molecule has 1 aliphatic heterocycles. The number of methoxy groups -OCH3 is 2. The molecule has 0 amide bonds. The lowest BCUT2D eigenvalue weighted by atomic mass is 9.97. The minimum atomic E-state index is -0.779. The van der Waals surface area contributed by atoms with E-state index in [4.69, 9.17) is 14.2 Å². The molecule has 2 atom stereocenters. The average Bonchev–Trinajstić information content (AvgIpc) is 2.90. The first kappa shape index (κ1) is 15.4. The van der Waals surface area contributed by atoms with E-state index in [0.29, 0.717) is 22.6 Å². The predicted molar refractivity (Wildman–Crippen MR) is 83.7 cm³/mol. The summed E-state index contributed by atoms with van der Waals surface area (Å²) in [5.74, 6) is 0.805. The van der Waals surface area contributed by atoms with E-state index in [-0.39, 0.29) is 12.4 Å². The number of fused-ring (bicyclic) bond motifs is 1. The lowest BCUT2D eigenvalue weighted by Gasteiger charge is -2.17. The summed E-state index contributed by atoms with van der Waals surface area (Å²) in [7, 11) is 3.10. The van der Waals surface area contributed by atoms with Crippen molar-refractivity contribution in [3.05, 3.63) is 59.2 Å². The van der Waals surface area contributed by atoms with Crippen molar-refractivity contribution in [1.29, 1.82) is 0 Å². The van der Waals surface area contributed by atoms with Crippen LogP contribution in [0.4, 0.5) is 0 Å². The summed E-state index contributed by atoms with van der Waals surface area (Å²) in [6.45, 7) is 0. The normalized spacial score (nSPS) is 17.3. The summed E-state index contributed by atoms with van der Waals surface area (Å²) in [6.07, 6.45) is -0.932. The summed E-state index contributed by atoms with van der Waals surface area (Å²) in [6, 6.07) is 12.5. The molecule has 0 spiro atoms. The van der Waals surface area contributed by atoms with Crippen LogP contribution in [0.25, 0.3) is 0 Å². The third-order valence-electron chi connectivity index (χ3n) is 4.01. The smallest absolute Gasteiger partial charge is 0.339 e. The number of rotatable bonds is 5. The molecule has 1 N–H and O–H groups in total. The Balaban J connectivity index is 1.80. The van der Waals surface area contributed by atoms with Crippen LogP contribution in [0, 0.1) is 0 Å². The van der Waals surface area contributed by atoms with Gasteiger partial charge in [0.05, 0.1) is 25.9 Å². The molecule has 5 nitrogen and oxygen atoms in total. The number of aliphatic hydroxyl groups is 1. The lowest BCUT2D eigenvalue weighted by Crippen LogP contribution is -2.07. The van der Waals surface area contributed by atoms with Crippen molar-refractivity contribution in [3.8, 4) is 11.5 Å². The van der Waals surface area contributed by atoms with E-state index in [0.717, 1.165) is 5.56 Å². The van der Waals surface area contributed by atoms with Crippen LogP contribution in [0.1, 0.15) is 40.1 Å². The number of carbonyl (C=O) groups is 1. The molecule has 1 aliphatic rings. The van der Waals surface area contributed by atoms with E-state index < -0.39 is 12.2 Å². The Morgan fingerprint density at radius 1 is 1.13 bits per heavy atom. The number of aliphatic hydroxyl groups excluding tert-OH is 1. The molecular weight excluding hydrogens is 296 g/mol. The van der Waals surface area contributed by atoms with Crippen LogP contribution in [-0.2, 0) is 4.74 Å². The van der Waals surface area contributed by atoms with Gasteiger partial charge in [-0.1, -0.05) is 24.3 Å². The van der Waals surface area contributed by atoms with Gasteiger partial charge in [0.2, 0.25) is 0 Å². The number of ether oxygens (including phenoxy) is 3. The van der Waals surface area contributed by atoms with Gasteiger partial charge in [0, 0.05) is 12.0 Å². The van der Waals surface area contributed by atoms with E-state index in [9.17, 15) is 9.90 Å². The van der Waals surface area contributed by atoms with Gasteiger partial charge < -0.3 is 19.3 Å². The number of hydrogen-bond donors (Lipinski definition) is 1. The third kappa shape index (κ3) is 2.87. The molecule has 23 heavy (non-hydrogen) atoms. The number of carbonyl (C=O) groups excluding carboxylic acids is 1. The van der Waals surface area contributed by atoms with Crippen molar-refractivity contribution in [3.63, 3.8) is 0 Å². The second kappa shape index (κ2) is 6.30. The molecule has 2 aromatic carbocycles. The molecule has 0 fully saturated rings. The van der Waals surface area contributed by atoms with Crippen molar-refractivity contribution >= 4 is 5.97 Å². The quantitative estimate of drug-likeness (QED) is 0.859. The molecule has 3 rings (SSSR count). The molecule has 0 radical (unpaired) electrons. The topological polar surface area (TPSA) is 65.0 Å². The Morgan fingerprint density at radius 2 is 1.87 bits per heavy atom. The molecule has 0 aromatic heterocycles. The molecular formula is C18H18O5. The van der Waals surface area contributed by atoms with Crippen LogP contribution in [-0.4, -0.2) is 25.3 Å². The summed E-state index contributed by atoms with van der Waals surface area (Å²) >= 11 is 0. The van der Waals surface area contributed by atoms with Gasteiger partial charge in [-0.25, -0.2) is 4.79 Å². The Bertz CT molecular complexity index is 725. The Hall–Kier alpha value is -2.53. The third-order valence-corrected chi connectivity index (χ3v) is 4.01. The van der Waals surface area contributed by atoms with Gasteiger partial charge in [-0.15, -0.1) is 0 Å². The van der Waals surface area contributed by atoms with Gasteiger partial charge in [-0.3, -0.25) is 0 Å². The average molecular weight is 314 g/mol. The summed E-state index contributed by atoms with van der Waals surface area (Å²) in [4.78, 5) is 11.8. The first-order valence-corrected chi connectivity index (χ1v) is 7.34. The molecule has 5 heteroatoms. The van der Waals surface area contributed by atoms with Crippen molar-refractivity contribution in [1.82, 2.24) is 0 Å². The fourth-order valence-electron chi connectivity index (χ4n) is 2.79. The van der Waals surface area contributed by atoms with Crippen molar-refractivity contribution < 1.29 is 24.1 Å². The van der Waals surface area contributed by atoms with Gasteiger partial charge in [0.25, 0.3) is 0 Å². The zero-order valence-electron chi connectivity index (χ0n) is 13.0. The monoisotopic (exact) mass is 314 g/mol. The first-order valence-electron chi connectivity index (χ1n) is 7.34. The Kier molecular flexibility index (Phi) is 4.21. The van der Waals surface area contributed by atoms with Crippen molar-refractivity contribution in [2.75, 3.05) is 14.2 Å². The maximum Gasteiger partial charge on any atom is 0.339 e. The number of cyclic esters (lactones) is 1. The van der Waals surface area contributed by atoms with Crippen molar-refractivity contribution in [2.45, 2.75) is 18.6 Å². The lowest BCUT2D eigenvalue weighted by molar-refractivity contribution is 0.0234. The predicted octanol–water partition coefficient (Wildman–Crippen LogP) is 3.04. The molecule has 0 saturated heterocycles. The van der Waals surface area contributed by atoms with Crippen LogP contribution >= 0.6 is 0 Å². The highest BCUT2D eigenvalue weighted by Crippen LogP contribution is 2.38. The van der Waals surface area contributed by atoms with E-state index in [1.807, 2.05) is 12.1 Å². The highest BCUT2D eigenvalue weighted by atomic mass is 16.5. The van der Waals surface area contributed by atoms with Gasteiger partial charge in [-0.05, 0) is 23.8 Å². The van der Waals surface area contributed by atoms with Crippen LogP contribution in [0.2, 0.25) is 0 Å². The maximum absolute atomic E-state index is 11.8. The zero-order chi connectivity index (χ0) is 16.4. The highest BCUT2D eigenvalue weighted by Gasteiger charge is 2.32. The fourth-order valence-corrected chi connectivity index (χ4v) is 2.79. The Morgan fingerprint density at radius 3 is 2.61 bits per heavy atom. The Labute approximate surface area is 134 Å². The van der Waals surface area contributed by atoms with Crippen LogP contribution in [0.15, 0.2) is 42.5 Å². The SMILES string of the molecule is COc1ccc(C(O)CC2OC(=O)c3ccccc32)cc1OC. The number of hydrogen-bond acceptors (Lipinski definition) is 5. The van der Waals surface area contributed by atoms with Gasteiger partial charge in [0.15, 0.2) is 11.5 Å². The molecule has 1 heterocycles. The summed E-state index contributed by atoms with van der Waals surface area (Å²) in [5.41, 5.74) is 2.07. The van der Waals surface area contributed by atoms with E-state index in [1.165, 1.54) is 0 Å². The van der Waals surface area contributed by atoms with E-state index in [1.54, 1.807) is 44.6 Å². The van der Waals surface area contributed by atoms with Gasteiger partial charge in [0.1, 0.15) is 6.10 Å². The van der Waals surface area contributed by atoms with Crippen molar-refractivity contribution in [2.24, 2.45) is 0 Å². The second-order valence-corrected chi connectivity index (χ2v) is 5.35. The second-order valence-electron chi connectivity index (χ2n) is 5.35. The minimum Gasteiger partial charge on any atom is -0.493 e. The molecule has 0 bridgehead atoms. The van der Waals surface area contributed by atoms with Gasteiger partial charge in [-0.2, -0.15) is 0 Å². The van der Waals surface area contributed by atoms with Crippen LogP contribution < -0.4 is 9.47 Å². The van der Waals surface area contributed by atoms with Gasteiger partial charge >= 0.3 is 5.97 Å². The highest BCUT2D eigenvalue weighted by molar-refractivity contribution is 5.93. The van der Waals surface area contributed by atoms with E-state index in [2.05, 4.69) is 0 Å². The largest absolute Gasteiger partial charge is 0.493 e. The zero-order valence-corrected chi connectivity index (χ0v) is 13.0. The van der Waals surface area contributed by atoms with Crippen LogP contribution in [0.5, 0.6) is 11.5 Å². The molecule has 2 aromatic rings. The molecule has 0 aliphatic carbocycles. The van der Waals surface area contributed by atoms with E-state index >= 15 is 0 Å². The molecule has 0 saturated carbocycles. The number of benzene rings is 2. The summed E-state index contributed by atoms with van der Waals surface area (Å²) < 4.78 is 15.8. The maximum atomic E-state index is 11.8. The summed E-state index contributed by atoms with van der Waals surface area (Å²) in [5, 5.41) is 10.5. The molecule has 120 valence electrons. The number of esters is 1. The molecule has 2 unspecified atom stereocenters. The first-order chi connectivity index (χ1) is 11.1. The van der Waals surface area contributed by atoms with Crippen LogP contribution in [0.3, 0.4) is 0 Å². The minimum absolute atomic E-state index is 0.290. The standard InChI is InChI=1S/C18H18O5/c1-21-15-8-7-11(9-17(15)22-2)14(19)10-16-12-5-3-4-6-13(12)18(20)23-16/h3-9,14,16,19H,10H2,1-2H3. The fraction of sp³-hybridized carbons (Fsp3) is 0.278.